The van der Waals surface area contributed by atoms with Crippen LogP contribution in [0, 0.1) is 34.5 Å². The minimum Gasteiger partial charge on any atom is -0.458 e. The molecule has 4 aliphatic carbocycles. The van der Waals surface area contributed by atoms with E-state index < -0.39 is 80.2 Å². The molecule has 15 heteroatoms. The maximum absolute atomic E-state index is 12.6. The van der Waals surface area contributed by atoms with E-state index in [2.05, 4.69) is 13.8 Å². The normalized spacial score (nSPS) is 52.9. The van der Waals surface area contributed by atoms with Gasteiger partial charge >= 0.3 is 5.97 Å². The average Bonchev–Trinajstić information content (AvgIpc) is 3.67. The average molecular weight is 728 g/mol. The van der Waals surface area contributed by atoms with Crippen LogP contribution in [0.1, 0.15) is 71.6 Å². The number of fused-ring (bicyclic) bond motifs is 5. The lowest BCUT2D eigenvalue weighted by molar-refractivity contribution is -0.374. The first-order valence-electron chi connectivity index (χ1n) is 18.7. The summed E-state index contributed by atoms with van der Waals surface area (Å²) in [6, 6.07) is -0.182. The molecule has 290 valence electrons. The van der Waals surface area contributed by atoms with Gasteiger partial charge in [0.15, 0.2) is 12.5 Å². The fourth-order valence-corrected chi connectivity index (χ4v) is 11.9. The third-order valence-corrected chi connectivity index (χ3v) is 14.8. The maximum Gasteiger partial charge on any atom is 0.331 e. The van der Waals surface area contributed by atoms with E-state index >= 15 is 0 Å². The Morgan fingerprint density at radius 3 is 2.25 bits per heavy atom. The molecule has 7 aliphatic rings. The first-order valence-corrected chi connectivity index (χ1v) is 18.7. The summed E-state index contributed by atoms with van der Waals surface area (Å²) in [7, 11) is 1.48. The standard InChI is InChI=1S/C36H57NO14/c1-34-9-6-19(13-18(34)4-5-22-21(34)7-10-35(2)20(8-11-36(22,35)46)17-12-25(40)48-16-17)37(47-3)32-29(44)28(43)31(24(15-39)49-32)51-33-30(45)27(42)26(41)23(14-38)50-33/h12,18-24,26-33,38-39,41-46H,4-11,13-16H2,1-3H3/t18?,19-,20-,21?,22?,23-,24-,26+,27+,28-,29-,30-,31-,32?,33+,34+,35-,36+/m1/s1. The minimum atomic E-state index is -1.75. The molecule has 3 heterocycles. The van der Waals surface area contributed by atoms with Gasteiger partial charge in [-0.15, -0.1) is 0 Å². The quantitative estimate of drug-likeness (QED) is 0.112. The lowest BCUT2D eigenvalue weighted by Gasteiger charge is -2.64. The summed E-state index contributed by atoms with van der Waals surface area (Å²) in [6.07, 6.45) is -5.66. The minimum absolute atomic E-state index is 0.0246. The molecule has 18 atom stereocenters. The summed E-state index contributed by atoms with van der Waals surface area (Å²) in [5, 5.41) is 87.5. The van der Waals surface area contributed by atoms with Gasteiger partial charge in [0, 0.05) is 17.5 Å². The van der Waals surface area contributed by atoms with E-state index in [1.807, 2.05) is 0 Å². The predicted molar refractivity (Wildman–Crippen MR) is 175 cm³/mol. The van der Waals surface area contributed by atoms with Crippen molar-refractivity contribution in [1.82, 2.24) is 5.06 Å². The number of aliphatic hydroxyl groups is 8. The highest BCUT2D eigenvalue weighted by Gasteiger charge is 2.68. The molecular weight excluding hydrogens is 670 g/mol. The Kier molecular flexibility index (Phi) is 10.5. The van der Waals surface area contributed by atoms with Gasteiger partial charge in [-0.2, -0.15) is 5.06 Å². The van der Waals surface area contributed by atoms with Crippen LogP contribution in [-0.4, -0.2) is 152 Å². The zero-order valence-electron chi connectivity index (χ0n) is 29.7. The summed E-state index contributed by atoms with van der Waals surface area (Å²) in [6.45, 7) is 3.60. The van der Waals surface area contributed by atoms with Crippen LogP contribution in [0.3, 0.4) is 0 Å². The van der Waals surface area contributed by atoms with Crippen LogP contribution in [0.5, 0.6) is 0 Å². The van der Waals surface area contributed by atoms with Gasteiger partial charge in [-0.25, -0.2) is 4.79 Å². The van der Waals surface area contributed by atoms with Crippen LogP contribution in [0.15, 0.2) is 11.6 Å². The topological polar surface area (TPSA) is 228 Å². The Labute approximate surface area is 298 Å². The lowest BCUT2D eigenvalue weighted by atomic mass is 9.43. The van der Waals surface area contributed by atoms with Crippen LogP contribution in [0.25, 0.3) is 0 Å². The number of aliphatic hydroxyl groups excluding tert-OH is 7. The number of nitrogens with zero attached hydrogens (tertiary/aromatic N) is 1. The van der Waals surface area contributed by atoms with Gasteiger partial charge in [-0.1, -0.05) is 13.8 Å². The molecule has 7 rings (SSSR count). The third kappa shape index (κ3) is 5.94. The van der Waals surface area contributed by atoms with Gasteiger partial charge in [-0.3, -0.25) is 4.84 Å². The van der Waals surface area contributed by atoms with Crippen LogP contribution in [0.2, 0.25) is 0 Å². The molecule has 4 unspecified atom stereocenters. The van der Waals surface area contributed by atoms with Crippen molar-refractivity contribution in [2.45, 2.75) is 145 Å². The van der Waals surface area contributed by atoms with Crippen molar-refractivity contribution < 1.29 is 69.4 Å². The van der Waals surface area contributed by atoms with Crippen molar-refractivity contribution in [2.24, 2.45) is 34.5 Å². The van der Waals surface area contributed by atoms with Crippen molar-refractivity contribution in [3.63, 3.8) is 0 Å². The van der Waals surface area contributed by atoms with Crippen LogP contribution in [-0.2, 0) is 28.6 Å². The molecule has 0 amide bonds. The molecule has 8 N–H and O–H groups in total. The molecule has 3 aliphatic heterocycles. The molecule has 0 spiro atoms. The number of rotatable bonds is 8. The molecule has 6 fully saturated rings. The molecule has 0 radical (unpaired) electrons. The highest BCUT2D eigenvalue weighted by molar-refractivity contribution is 5.85. The summed E-state index contributed by atoms with van der Waals surface area (Å²) in [5.74, 6) is 0.638. The number of hydroxylamine groups is 2. The number of carbonyl (C=O) groups is 1. The summed E-state index contributed by atoms with van der Waals surface area (Å²) < 4.78 is 22.6. The Hall–Kier alpha value is -1.31. The van der Waals surface area contributed by atoms with Gasteiger partial charge in [0.1, 0.15) is 55.4 Å². The van der Waals surface area contributed by atoms with Crippen LogP contribution in [0.4, 0.5) is 0 Å². The van der Waals surface area contributed by atoms with E-state index in [-0.39, 0.29) is 34.7 Å². The van der Waals surface area contributed by atoms with Gasteiger partial charge in [0.25, 0.3) is 0 Å². The smallest absolute Gasteiger partial charge is 0.331 e. The number of esters is 1. The number of hydrogen-bond acceptors (Lipinski definition) is 15. The number of carbonyl (C=O) groups excluding carboxylic acids is 1. The van der Waals surface area contributed by atoms with Crippen LogP contribution >= 0.6 is 0 Å². The Balaban J connectivity index is 1.03. The summed E-state index contributed by atoms with van der Waals surface area (Å²) in [5.41, 5.74) is -0.141. The van der Waals surface area contributed by atoms with E-state index in [9.17, 15) is 45.6 Å². The van der Waals surface area contributed by atoms with Gasteiger partial charge in [0.2, 0.25) is 0 Å². The molecule has 0 aromatic carbocycles. The maximum atomic E-state index is 12.6. The Bertz CT molecular complexity index is 1320. The second-order valence-electron chi connectivity index (χ2n) is 16.8. The van der Waals surface area contributed by atoms with Gasteiger partial charge in [0.05, 0.1) is 25.9 Å². The van der Waals surface area contributed by atoms with Gasteiger partial charge in [-0.05, 0) is 92.4 Å². The molecule has 0 aromatic heterocycles. The van der Waals surface area contributed by atoms with E-state index in [4.69, 9.17) is 23.8 Å². The molecule has 0 bridgehead atoms. The van der Waals surface area contributed by atoms with Crippen molar-refractivity contribution >= 4 is 5.97 Å². The SMILES string of the molecule is CON(C1O[C@H](CO)[C@@H](O[C@@H]2O[C@H](CO)[C@H](O)[C@H](O)[C@H]2O)[C@H](O)[C@H]1O)[C@@H]1CC[C@@]2(C)C(CCC3C2CC[C@]2(C)[C@@H](C4=CC(=O)OC4)CC[C@]32O)C1. The summed E-state index contributed by atoms with van der Waals surface area (Å²) >= 11 is 0. The molecule has 2 saturated heterocycles. The fourth-order valence-electron chi connectivity index (χ4n) is 11.9. The number of ether oxygens (including phenoxy) is 4. The number of cyclic esters (lactones) is 1. The van der Waals surface area contributed by atoms with Crippen molar-refractivity contribution in [3.05, 3.63) is 11.6 Å². The highest BCUT2D eigenvalue weighted by atomic mass is 16.7. The van der Waals surface area contributed by atoms with Crippen molar-refractivity contribution in [2.75, 3.05) is 26.9 Å². The summed E-state index contributed by atoms with van der Waals surface area (Å²) in [4.78, 5) is 17.8. The first-order chi connectivity index (χ1) is 24.2. The van der Waals surface area contributed by atoms with E-state index in [0.717, 1.165) is 50.5 Å². The zero-order valence-corrected chi connectivity index (χ0v) is 29.7. The largest absolute Gasteiger partial charge is 0.458 e. The van der Waals surface area contributed by atoms with E-state index in [1.165, 1.54) is 7.11 Å². The second kappa shape index (κ2) is 14.1. The van der Waals surface area contributed by atoms with Crippen LogP contribution < -0.4 is 0 Å². The second-order valence-corrected chi connectivity index (χ2v) is 16.8. The first kappa shape index (κ1) is 38.0. The Morgan fingerprint density at radius 2 is 1.59 bits per heavy atom. The Morgan fingerprint density at radius 1 is 0.843 bits per heavy atom. The fraction of sp³-hybridized carbons (Fsp3) is 0.917. The molecule has 51 heavy (non-hydrogen) atoms. The van der Waals surface area contributed by atoms with E-state index in [1.54, 1.807) is 11.1 Å². The highest BCUT2D eigenvalue weighted by Crippen LogP contribution is 2.70. The number of hydrogen-bond donors (Lipinski definition) is 8. The predicted octanol–water partition coefficient (Wildman–Crippen LogP) is -0.900. The third-order valence-electron chi connectivity index (χ3n) is 14.8. The van der Waals surface area contributed by atoms with E-state index in [0.29, 0.717) is 31.3 Å². The lowest BCUT2D eigenvalue weighted by Crippen LogP contribution is -2.68. The zero-order chi connectivity index (χ0) is 36.6. The monoisotopic (exact) mass is 727 g/mol. The van der Waals surface area contributed by atoms with Crippen molar-refractivity contribution in [1.29, 1.82) is 0 Å². The van der Waals surface area contributed by atoms with Crippen molar-refractivity contribution in [3.8, 4) is 0 Å². The molecule has 15 nitrogen and oxygen atoms in total. The molecule has 0 aromatic rings. The molecular formula is C36H57NO14. The molecule has 4 saturated carbocycles. The van der Waals surface area contributed by atoms with Gasteiger partial charge < -0.3 is 59.8 Å².